The summed E-state index contributed by atoms with van der Waals surface area (Å²) in [4.78, 5) is 26.9. The van der Waals surface area contributed by atoms with Crippen molar-refractivity contribution in [2.75, 3.05) is 19.1 Å². The minimum absolute atomic E-state index is 0.00827. The number of nitrogens with two attached hydrogens (primary N) is 1. The molecule has 31 heavy (non-hydrogen) atoms. The molecule has 0 radical (unpaired) electrons. The molecule has 0 fully saturated rings. The number of aromatic hydroxyl groups is 1. The van der Waals surface area contributed by atoms with Crippen molar-refractivity contribution in [1.29, 1.82) is 5.26 Å². The standard InChI is InChI=1S/C22H18ClN3O5/c1-30-21(28)18-17(12-6-4-3-5-7-12)14(11-24)20(25)26(19(18)22(29)31-2)15-10-13(23)8-9-16(15)27/h3-10,17,27H,25H2,1-2H3. The van der Waals surface area contributed by atoms with Gasteiger partial charge in [-0.25, -0.2) is 9.59 Å². The molecule has 1 aliphatic heterocycles. The molecular weight excluding hydrogens is 422 g/mol. The second-order valence-corrected chi connectivity index (χ2v) is 6.90. The highest BCUT2D eigenvalue weighted by molar-refractivity contribution is 6.31. The molecule has 1 heterocycles. The molecule has 158 valence electrons. The van der Waals surface area contributed by atoms with E-state index in [2.05, 4.69) is 0 Å². The van der Waals surface area contributed by atoms with Gasteiger partial charge in [-0.2, -0.15) is 5.26 Å². The van der Waals surface area contributed by atoms with Crippen LogP contribution in [0.1, 0.15) is 11.5 Å². The third-order valence-corrected chi connectivity index (χ3v) is 5.02. The van der Waals surface area contributed by atoms with Crippen LogP contribution in [0, 0.1) is 11.3 Å². The number of benzene rings is 2. The highest BCUT2D eigenvalue weighted by Gasteiger charge is 2.43. The number of hydrogen-bond donors (Lipinski definition) is 2. The number of allylic oxidation sites excluding steroid dienone is 1. The Labute approximate surface area is 183 Å². The normalized spacial score (nSPS) is 16.1. The van der Waals surface area contributed by atoms with E-state index in [-0.39, 0.29) is 39.1 Å². The highest BCUT2D eigenvalue weighted by Crippen LogP contribution is 2.45. The maximum atomic E-state index is 12.9. The Balaban J connectivity index is 2.45. The average Bonchev–Trinajstić information content (AvgIpc) is 2.79. The van der Waals surface area contributed by atoms with Crippen molar-refractivity contribution in [3.63, 3.8) is 0 Å². The van der Waals surface area contributed by atoms with E-state index in [1.807, 2.05) is 6.07 Å². The molecule has 0 bridgehead atoms. The first-order valence-corrected chi connectivity index (χ1v) is 9.37. The van der Waals surface area contributed by atoms with Crippen molar-refractivity contribution in [2.24, 2.45) is 5.73 Å². The zero-order valence-electron chi connectivity index (χ0n) is 16.6. The second kappa shape index (κ2) is 8.81. The topological polar surface area (TPSA) is 126 Å². The smallest absolute Gasteiger partial charge is 0.355 e. The third-order valence-electron chi connectivity index (χ3n) is 4.79. The van der Waals surface area contributed by atoms with Crippen LogP contribution in [0.25, 0.3) is 0 Å². The Morgan fingerprint density at radius 1 is 1.13 bits per heavy atom. The van der Waals surface area contributed by atoms with E-state index < -0.39 is 17.9 Å². The number of nitrogens with zero attached hydrogens (tertiary/aromatic N) is 2. The van der Waals surface area contributed by atoms with Gasteiger partial charge in [0.15, 0.2) is 0 Å². The van der Waals surface area contributed by atoms with Gasteiger partial charge in [-0.15, -0.1) is 0 Å². The molecule has 0 spiro atoms. The van der Waals surface area contributed by atoms with Gasteiger partial charge in [0.05, 0.1) is 43.0 Å². The lowest BCUT2D eigenvalue weighted by atomic mass is 9.81. The van der Waals surface area contributed by atoms with Crippen molar-refractivity contribution >= 4 is 29.2 Å². The van der Waals surface area contributed by atoms with E-state index in [1.54, 1.807) is 30.3 Å². The summed E-state index contributed by atoms with van der Waals surface area (Å²) in [5, 5.41) is 20.6. The Morgan fingerprint density at radius 2 is 1.77 bits per heavy atom. The van der Waals surface area contributed by atoms with Crippen LogP contribution in [-0.2, 0) is 19.1 Å². The summed E-state index contributed by atoms with van der Waals surface area (Å²) in [5.41, 5.74) is 6.40. The van der Waals surface area contributed by atoms with Crippen LogP contribution >= 0.6 is 11.6 Å². The fourth-order valence-corrected chi connectivity index (χ4v) is 3.61. The van der Waals surface area contributed by atoms with Gasteiger partial charge in [-0.05, 0) is 23.8 Å². The van der Waals surface area contributed by atoms with Crippen molar-refractivity contribution in [3.8, 4) is 11.8 Å². The number of ether oxygens (including phenoxy) is 2. The molecule has 0 amide bonds. The molecule has 2 aromatic rings. The fourth-order valence-electron chi connectivity index (χ4n) is 3.44. The quantitative estimate of drug-likeness (QED) is 0.696. The lowest BCUT2D eigenvalue weighted by molar-refractivity contribution is -0.139. The van der Waals surface area contributed by atoms with Crippen LogP contribution in [-0.4, -0.2) is 31.3 Å². The minimum Gasteiger partial charge on any atom is -0.506 e. The van der Waals surface area contributed by atoms with Crippen LogP contribution in [0.2, 0.25) is 5.02 Å². The molecule has 0 saturated carbocycles. The Morgan fingerprint density at radius 3 is 2.35 bits per heavy atom. The number of esters is 2. The number of carbonyl (C=O) groups is 2. The first-order chi connectivity index (χ1) is 14.8. The SMILES string of the molecule is COC(=O)C1=C(C(=O)OC)N(c2cc(Cl)ccc2O)C(N)=C(C#N)C1c1ccccc1. The number of carbonyl (C=O) groups excluding carboxylic acids is 2. The van der Waals surface area contributed by atoms with Crippen LogP contribution < -0.4 is 10.6 Å². The largest absolute Gasteiger partial charge is 0.506 e. The molecule has 2 aromatic carbocycles. The molecule has 0 saturated heterocycles. The van der Waals surface area contributed by atoms with Gasteiger partial charge in [-0.3, -0.25) is 4.90 Å². The predicted octanol–water partition coefficient (Wildman–Crippen LogP) is 2.94. The minimum atomic E-state index is -0.995. The number of nitriles is 1. The van der Waals surface area contributed by atoms with Crippen LogP contribution in [0.5, 0.6) is 5.75 Å². The van der Waals surface area contributed by atoms with Gasteiger partial charge < -0.3 is 20.3 Å². The molecule has 1 unspecified atom stereocenters. The summed E-state index contributed by atoms with van der Waals surface area (Å²) >= 11 is 6.08. The third kappa shape index (κ3) is 3.79. The van der Waals surface area contributed by atoms with Crippen molar-refractivity contribution < 1.29 is 24.2 Å². The monoisotopic (exact) mass is 439 g/mol. The molecule has 8 nitrogen and oxygen atoms in total. The molecule has 0 aliphatic carbocycles. The summed E-state index contributed by atoms with van der Waals surface area (Å²) in [6.45, 7) is 0. The summed E-state index contributed by atoms with van der Waals surface area (Å²) < 4.78 is 9.86. The van der Waals surface area contributed by atoms with Gasteiger partial charge in [-0.1, -0.05) is 41.9 Å². The number of phenols is 1. The molecular formula is C22H18ClN3O5. The average molecular weight is 440 g/mol. The van der Waals surface area contributed by atoms with Gasteiger partial charge in [0.2, 0.25) is 0 Å². The first-order valence-electron chi connectivity index (χ1n) is 8.99. The number of methoxy groups -OCH3 is 2. The number of hydrogen-bond acceptors (Lipinski definition) is 8. The lowest BCUT2D eigenvalue weighted by Gasteiger charge is -2.36. The van der Waals surface area contributed by atoms with Crippen LogP contribution in [0.3, 0.4) is 0 Å². The Bertz CT molecular complexity index is 1150. The van der Waals surface area contributed by atoms with E-state index >= 15 is 0 Å². The molecule has 9 heteroatoms. The number of rotatable bonds is 4. The van der Waals surface area contributed by atoms with Gasteiger partial charge >= 0.3 is 11.9 Å². The van der Waals surface area contributed by atoms with E-state index in [0.717, 1.165) is 19.1 Å². The molecule has 0 aromatic heterocycles. The predicted molar refractivity (Wildman–Crippen MR) is 113 cm³/mol. The van der Waals surface area contributed by atoms with Crippen LogP contribution in [0.4, 0.5) is 5.69 Å². The maximum Gasteiger partial charge on any atom is 0.355 e. The van der Waals surface area contributed by atoms with Crippen molar-refractivity contribution in [2.45, 2.75) is 5.92 Å². The summed E-state index contributed by atoms with van der Waals surface area (Å²) in [6, 6.07) is 14.7. The number of anilines is 1. The zero-order chi connectivity index (χ0) is 22.7. The summed E-state index contributed by atoms with van der Waals surface area (Å²) in [5.74, 6) is -3.22. The van der Waals surface area contributed by atoms with Gasteiger partial charge in [0.25, 0.3) is 0 Å². The highest BCUT2D eigenvalue weighted by atomic mass is 35.5. The fraction of sp³-hybridized carbons (Fsp3) is 0.136. The van der Waals surface area contributed by atoms with E-state index in [4.69, 9.17) is 26.8 Å². The van der Waals surface area contributed by atoms with E-state index in [9.17, 15) is 20.0 Å². The second-order valence-electron chi connectivity index (χ2n) is 6.47. The Hall–Kier alpha value is -3.96. The molecule has 1 aliphatic rings. The Kier molecular flexibility index (Phi) is 6.18. The summed E-state index contributed by atoms with van der Waals surface area (Å²) in [7, 11) is 2.29. The van der Waals surface area contributed by atoms with Gasteiger partial charge in [0, 0.05) is 5.02 Å². The van der Waals surface area contributed by atoms with Crippen LogP contribution in [0.15, 0.2) is 71.2 Å². The van der Waals surface area contributed by atoms with Crippen molar-refractivity contribution in [3.05, 3.63) is 81.8 Å². The zero-order valence-corrected chi connectivity index (χ0v) is 17.4. The van der Waals surface area contributed by atoms with E-state index in [1.165, 1.54) is 18.2 Å². The van der Waals surface area contributed by atoms with E-state index in [0.29, 0.717) is 5.56 Å². The van der Waals surface area contributed by atoms with Gasteiger partial charge in [0.1, 0.15) is 17.3 Å². The first kappa shape index (κ1) is 21.7. The molecule has 3 N–H and O–H groups in total. The summed E-state index contributed by atoms with van der Waals surface area (Å²) in [6.07, 6.45) is 0. The molecule has 3 rings (SSSR count). The molecule has 1 atom stereocenters. The number of phenolic OH excluding ortho intramolecular Hbond substituents is 1. The maximum absolute atomic E-state index is 12.9. The van der Waals surface area contributed by atoms with Crippen molar-refractivity contribution in [1.82, 2.24) is 0 Å². The lowest BCUT2D eigenvalue weighted by Crippen LogP contribution is -2.40. The number of halogens is 1.